The molecular formula is C16H20N2O. The van der Waals surface area contributed by atoms with Crippen molar-refractivity contribution in [1.29, 1.82) is 0 Å². The number of benzene rings is 1. The fourth-order valence-corrected chi connectivity index (χ4v) is 1.94. The van der Waals surface area contributed by atoms with Gasteiger partial charge in [0.2, 0.25) is 5.88 Å². The molecule has 2 rings (SSSR count). The monoisotopic (exact) mass is 256 g/mol. The Balaban J connectivity index is 2.17. The Morgan fingerprint density at radius 3 is 2.58 bits per heavy atom. The molecule has 0 spiro atoms. The fraction of sp³-hybridized carbons (Fsp3) is 0.312. The lowest BCUT2D eigenvalue weighted by Gasteiger charge is -2.13. The number of pyridine rings is 1. The number of nitrogens with one attached hydrogen (secondary N) is 1. The average Bonchev–Trinajstić information content (AvgIpc) is 2.42. The molecule has 100 valence electrons. The van der Waals surface area contributed by atoms with Crippen LogP contribution < -0.4 is 10.1 Å². The van der Waals surface area contributed by atoms with Gasteiger partial charge in [-0.1, -0.05) is 38.1 Å². The number of hydrogen-bond acceptors (Lipinski definition) is 3. The number of aromatic nitrogens is 1. The van der Waals surface area contributed by atoms with Crippen molar-refractivity contribution in [3.8, 4) is 11.6 Å². The Hall–Kier alpha value is -1.87. The summed E-state index contributed by atoms with van der Waals surface area (Å²) in [5.74, 6) is 1.94. The second-order valence-electron chi connectivity index (χ2n) is 4.83. The van der Waals surface area contributed by atoms with E-state index in [0.29, 0.717) is 11.8 Å². The molecule has 0 aliphatic rings. The molecule has 19 heavy (non-hydrogen) atoms. The van der Waals surface area contributed by atoms with E-state index in [1.165, 1.54) is 5.56 Å². The summed E-state index contributed by atoms with van der Waals surface area (Å²) in [7, 11) is 1.92. The zero-order valence-electron chi connectivity index (χ0n) is 11.7. The van der Waals surface area contributed by atoms with Gasteiger partial charge in [-0.25, -0.2) is 4.98 Å². The van der Waals surface area contributed by atoms with Crippen molar-refractivity contribution in [1.82, 2.24) is 10.3 Å². The maximum atomic E-state index is 5.87. The van der Waals surface area contributed by atoms with Crippen LogP contribution in [0.15, 0.2) is 42.6 Å². The van der Waals surface area contributed by atoms with Gasteiger partial charge in [-0.15, -0.1) is 0 Å². The molecule has 1 N–H and O–H groups in total. The van der Waals surface area contributed by atoms with Crippen LogP contribution in [0.4, 0.5) is 0 Å². The Morgan fingerprint density at radius 2 is 1.95 bits per heavy atom. The van der Waals surface area contributed by atoms with E-state index in [9.17, 15) is 0 Å². The van der Waals surface area contributed by atoms with Gasteiger partial charge < -0.3 is 10.1 Å². The molecule has 3 heteroatoms. The Kier molecular flexibility index (Phi) is 4.53. The van der Waals surface area contributed by atoms with Crippen LogP contribution in [0.5, 0.6) is 11.6 Å². The summed E-state index contributed by atoms with van der Waals surface area (Å²) in [4.78, 5) is 4.33. The molecule has 0 amide bonds. The summed E-state index contributed by atoms with van der Waals surface area (Å²) in [6.45, 7) is 5.13. The first-order chi connectivity index (χ1) is 9.20. The van der Waals surface area contributed by atoms with Crippen LogP contribution in [-0.2, 0) is 6.54 Å². The first-order valence-corrected chi connectivity index (χ1v) is 6.57. The Bertz CT molecular complexity index is 521. The van der Waals surface area contributed by atoms with E-state index < -0.39 is 0 Å². The number of para-hydroxylation sites is 1. The van der Waals surface area contributed by atoms with Crippen LogP contribution in [0, 0.1) is 0 Å². The third-order valence-corrected chi connectivity index (χ3v) is 2.93. The van der Waals surface area contributed by atoms with Crippen molar-refractivity contribution in [2.75, 3.05) is 7.05 Å². The largest absolute Gasteiger partial charge is 0.439 e. The average molecular weight is 256 g/mol. The summed E-state index contributed by atoms with van der Waals surface area (Å²) in [6, 6.07) is 12.0. The zero-order chi connectivity index (χ0) is 13.7. The second-order valence-corrected chi connectivity index (χ2v) is 4.83. The van der Waals surface area contributed by atoms with Gasteiger partial charge in [-0.3, -0.25) is 0 Å². The van der Waals surface area contributed by atoms with Crippen LogP contribution in [0.1, 0.15) is 30.9 Å². The van der Waals surface area contributed by atoms with Crippen LogP contribution >= 0.6 is 0 Å². The van der Waals surface area contributed by atoms with E-state index in [1.807, 2.05) is 43.6 Å². The highest BCUT2D eigenvalue weighted by Crippen LogP contribution is 2.29. The number of rotatable bonds is 5. The van der Waals surface area contributed by atoms with Gasteiger partial charge >= 0.3 is 0 Å². The Labute approximate surface area is 114 Å². The summed E-state index contributed by atoms with van der Waals surface area (Å²) in [5, 5.41) is 3.10. The molecule has 2 aromatic rings. The second kappa shape index (κ2) is 6.34. The summed E-state index contributed by atoms with van der Waals surface area (Å²) in [6.07, 6.45) is 1.84. The van der Waals surface area contributed by atoms with Gasteiger partial charge in [0.05, 0.1) is 0 Å². The predicted octanol–water partition coefficient (Wildman–Crippen LogP) is 3.72. The fourth-order valence-electron chi connectivity index (χ4n) is 1.94. The molecule has 0 aliphatic heterocycles. The zero-order valence-corrected chi connectivity index (χ0v) is 11.7. The smallest absolute Gasteiger partial charge is 0.219 e. The van der Waals surface area contributed by atoms with Gasteiger partial charge in [-0.05, 0) is 30.2 Å². The molecule has 1 heterocycles. The lowest BCUT2D eigenvalue weighted by Crippen LogP contribution is -2.05. The van der Waals surface area contributed by atoms with Crippen molar-refractivity contribution in [2.24, 2.45) is 0 Å². The van der Waals surface area contributed by atoms with E-state index in [0.717, 1.165) is 17.9 Å². The topological polar surface area (TPSA) is 34.1 Å². The highest BCUT2D eigenvalue weighted by Gasteiger charge is 2.08. The van der Waals surface area contributed by atoms with Gasteiger partial charge in [0.25, 0.3) is 0 Å². The maximum Gasteiger partial charge on any atom is 0.219 e. The van der Waals surface area contributed by atoms with Gasteiger partial charge in [0.15, 0.2) is 0 Å². The first-order valence-electron chi connectivity index (χ1n) is 6.57. The van der Waals surface area contributed by atoms with Crippen LogP contribution in [0.3, 0.4) is 0 Å². The third-order valence-electron chi connectivity index (χ3n) is 2.93. The minimum absolute atomic E-state index is 0.430. The molecule has 1 aromatic carbocycles. The third kappa shape index (κ3) is 3.55. The molecule has 0 saturated carbocycles. The Morgan fingerprint density at radius 1 is 1.16 bits per heavy atom. The molecule has 0 bridgehead atoms. The van der Waals surface area contributed by atoms with Gasteiger partial charge in [0.1, 0.15) is 5.75 Å². The molecular weight excluding hydrogens is 236 g/mol. The number of ether oxygens (including phenoxy) is 1. The van der Waals surface area contributed by atoms with Gasteiger partial charge in [-0.2, -0.15) is 0 Å². The van der Waals surface area contributed by atoms with E-state index in [-0.39, 0.29) is 0 Å². The van der Waals surface area contributed by atoms with E-state index in [4.69, 9.17) is 4.74 Å². The lowest BCUT2D eigenvalue weighted by molar-refractivity contribution is 0.454. The van der Waals surface area contributed by atoms with Crippen LogP contribution in [-0.4, -0.2) is 12.0 Å². The van der Waals surface area contributed by atoms with Crippen molar-refractivity contribution < 1.29 is 4.74 Å². The molecule has 0 saturated heterocycles. The molecule has 0 aliphatic carbocycles. The summed E-state index contributed by atoms with van der Waals surface area (Å²) in [5.41, 5.74) is 2.34. The van der Waals surface area contributed by atoms with Crippen LogP contribution in [0.25, 0.3) is 0 Å². The normalized spacial score (nSPS) is 10.7. The molecule has 0 unspecified atom stereocenters. The number of nitrogens with zero attached hydrogens (tertiary/aromatic N) is 1. The minimum Gasteiger partial charge on any atom is -0.439 e. The quantitative estimate of drug-likeness (QED) is 0.885. The van der Waals surface area contributed by atoms with Crippen molar-refractivity contribution >= 4 is 0 Å². The van der Waals surface area contributed by atoms with E-state index >= 15 is 0 Å². The minimum atomic E-state index is 0.430. The molecule has 3 nitrogen and oxygen atoms in total. The molecule has 0 fully saturated rings. The lowest BCUT2D eigenvalue weighted by atomic mass is 10.0. The van der Waals surface area contributed by atoms with E-state index in [1.54, 1.807) is 0 Å². The van der Waals surface area contributed by atoms with Gasteiger partial charge in [0, 0.05) is 18.8 Å². The van der Waals surface area contributed by atoms with E-state index in [2.05, 4.69) is 30.2 Å². The highest BCUT2D eigenvalue weighted by atomic mass is 16.5. The van der Waals surface area contributed by atoms with Crippen molar-refractivity contribution in [2.45, 2.75) is 26.3 Å². The predicted molar refractivity (Wildman–Crippen MR) is 77.6 cm³/mol. The summed E-state index contributed by atoms with van der Waals surface area (Å²) >= 11 is 0. The SMILES string of the molecule is CNCc1ccc(Oc2ccccc2C(C)C)nc1. The molecule has 1 aromatic heterocycles. The maximum absolute atomic E-state index is 5.87. The van der Waals surface area contributed by atoms with Crippen molar-refractivity contribution in [3.05, 3.63) is 53.7 Å². The number of hydrogen-bond donors (Lipinski definition) is 1. The molecule has 0 atom stereocenters. The van der Waals surface area contributed by atoms with Crippen molar-refractivity contribution in [3.63, 3.8) is 0 Å². The first kappa shape index (κ1) is 13.6. The summed E-state index contributed by atoms with van der Waals surface area (Å²) < 4.78 is 5.87. The standard InChI is InChI=1S/C16H20N2O/c1-12(2)14-6-4-5-7-15(14)19-16-9-8-13(10-17-3)11-18-16/h4-9,11-12,17H,10H2,1-3H3. The highest BCUT2D eigenvalue weighted by molar-refractivity contribution is 5.38. The van der Waals surface area contributed by atoms with Crippen LogP contribution in [0.2, 0.25) is 0 Å². The molecule has 0 radical (unpaired) electrons.